The standard InChI is InChI=1S/C16H19NO2/c1-2-14-12(8-10-18-14)15(17)13-7-3-5-11-6-4-9-19-16(11)13/h3,5,7-8,10,15H,2,4,6,9,17H2,1H3. The molecule has 0 amide bonds. The van der Waals surface area contributed by atoms with Crippen LogP contribution in [0.25, 0.3) is 0 Å². The molecule has 1 aliphatic rings. The summed E-state index contributed by atoms with van der Waals surface area (Å²) >= 11 is 0. The largest absolute Gasteiger partial charge is 0.493 e. The maximum absolute atomic E-state index is 6.42. The minimum absolute atomic E-state index is 0.179. The van der Waals surface area contributed by atoms with E-state index in [0.717, 1.165) is 48.5 Å². The Morgan fingerprint density at radius 2 is 2.16 bits per heavy atom. The van der Waals surface area contributed by atoms with Crippen LogP contribution < -0.4 is 10.5 Å². The van der Waals surface area contributed by atoms with Gasteiger partial charge in [0.1, 0.15) is 11.5 Å². The molecule has 0 fully saturated rings. The highest BCUT2D eigenvalue weighted by Gasteiger charge is 2.22. The molecule has 2 N–H and O–H groups in total. The monoisotopic (exact) mass is 257 g/mol. The van der Waals surface area contributed by atoms with Crippen molar-refractivity contribution in [3.63, 3.8) is 0 Å². The third-order valence-electron chi connectivity index (χ3n) is 3.73. The zero-order valence-electron chi connectivity index (χ0n) is 11.2. The Morgan fingerprint density at radius 3 is 3.00 bits per heavy atom. The molecular formula is C16H19NO2. The molecule has 1 aromatic carbocycles. The van der Waals surface area contributed by atoms with E-state index in [1.165, 1.54) is 5.56 Å². The molecule has 0 spiro atoms. The van der Waals surface area contributed by atoms with E-state index in [1.54, 1.807) is 6.26 Å². The minimum Gasteiger partial charge on any atom is -0.493 e. The summed E-state index contributed by atoms with van der Waals surface area (Å²) in [6.45, 7) is 2.86. The lowest BCUT2D eigenvalue weighted by molar-refractivity contribution is 0.284. The normalized spacial score (nSPS) is 15.7. The lowest BCUT2D eigenvalue weighted by Crippen LogP contribution is -2.17. The van der Waals surface area contributed by atoms with Crippen molar-refractivity contribution < 1.29 is 9.15 Å². The van der Waals surface area contributed by atoms with Crippen LogP contribution in [0.3, 0.4) is 0 Å². The first-order valence-corrected chi connectivity index (χ1v) is 6.87. The first-order chi connectivity index (χ1) is 9.31. The summed E-state index contributed by atoms with van der Waals surface area (Å²) in [5, 5.41) is 0. The van der Waals surface area contributed by atoms with Gasteiger partial charge in [0, 0.05) is 17.5 Å². The smallest absolute Gasteiger partial charge is 0.127 e. The summed E-state index contributed by atoms with van der Waals surface area (Å²) in [6, 6.07) is 8.03. The van der Waals surface area contributed by atoms with Crippen LogP contribution in [0.1, 0.15) is 41.8 Å². The topological polar surface area (TPSA) is 48.4 Å². The van der Waals surface area contributed by atoms with Gasteiger partial charge in [-0.25, -0.2) is 0 Å². The Balaban J connectivity index is 2.02. The second kappa shape index (κ2) is 5.10. The Hall–Kier alpha value is -1.74. The molecule has 1 unspecified atom stereocenters. The van der Waals surface area contributed by atoms with E-state index in [2.05, 4.69) is 25.1 Å². The van der Waals surface area contributed by atoms with Crippen molar-refractivity contribution in [1.29, 1.82) is 0 Å². The van der Waals surface area contributed by atoms with Gasteiger partial charge in [-0.2, -0.15) is 0 Å². The van der Waals surface area contributed by atoms with Crippen LogP contribution in [0.2, 0.25) is 0 Å². The van der Waals surface area contributed by atoms with Gasteiger partial charge in [-0.05, 0) is 24.5 Å². The molecule has 19 heavy (non-hydrogen) atoms. The van der Waals surface area contributed by atoms with Crippen LogP contribution in [-0.4, -0.2) is 6.61 Å². The van der Waals surface area contributed by atoms with E-state index in [-0.39, 0.29) is 6.04 Å². The van der Waals surface area contributed by atoms with E-state index in [4.69, 9.17) is 14.9 Å². The maximum Gasteiger partial charge on any atom is 0.127 e. The van der Waals surface area contributed by atoms with Gasteiger partial charge in [-0.1, -0.05) is 25.1 Å². The molecule has 0 bridgehead atoms. The lowest BCUT2D eigenvalue weighted by Gasteiger charge is -2.23. The molecule has 3 rings (SSSR count). The van der Waals surface area contributed by atoms with E-state index in [9.17, 15) is 0 Å². The summed E-state index contributed by atoms with van der Waals surface area (Å²) in [4.78, 5) is 0. The Kier molecular flexibility index (Phi) is 3.30. The molecule has 0 saturated carbocycles. The SMILES string of the molecule is CCc1occc1C(N)c1cccc2c1OCCC2. The third kappa shape index (κ3) is 2.15. The molecule has 0 radical (unpaired) electrons. The van der Waals surface area contributed by atoms with Gasteiger partial charge in [0.2, 0.25) is 0 Å². The number of furan rings is 1. The van der Waals surface area contributed by atoms with E-state index in [1.807, 2.05) is 6.07 Å². The predicted octanol–water partition coefficient (Wildman–Crippen LogP) is 3.22. The molecule has 2 heterocycles. The van der Waals surface area contributed by atoms with Crippen LogP contribution in [-0.2, 0) is 12.8 Å². The number of hydrogen-bond acceptors (Lipinski definition) is 3. The van der Waals surface area contributed by atoms with Crippen molar-refractivity contribution in [2.75, 3.05) is 6.61 Å². The zero-order chi connectivity index (χ0) is 13.2. The third-order valence-corrected chi connectivity index (χ3v) is 3.73. The average molecular weight is 257 g/mol. The van der Waals surface area contributed by atoms with Crippen LogP contribution in [0.5, 0.6) is 5.75 Å². The maximum atomic E-state index is 6.42. The lowest BCUT2D eigenvalue weighted by atomic mass is 9.94. The zero-order valence-corrected chi connectivity index (χ0v) is 11.2. The number of nitrogens with two attached hydrogens (primary N) is 1. The van der Waals surface area contributed by atoms with E-state index >= 15 is 0 Å². The fraction of sp³-hybridized carbons (Fsp3) is 0.375. The summed E-state index contributed by atoms with van der Waals surface area (Å²) in [7, 11) is 0. The van der Waals surface area contributed by atoms with Crippen molar-refractivity contribution in [3.05, 3.63) is 53.0 Å². The highest BCUT2D eigenvalue weighted by Crippen LogP contribution is 2.35. The van der Waals surface area contributed by atoms with Gasteiger partial charge in [-0.15, -0.1) is 0 Å². The molecule has 2 aromatic rings. The van der Waals surface area contributed by atoms with E-state index in [0.29, 0.717) is 0 Å². The quantitative estimate of drug-likeness (QED) is 0.918. The van der Waals surface area contributed by atoms with Crippen molar-refractivity contribution in [1.82, 2.24) is 0 Å². The van der Waals surface area contributed by atoms with Crippen LogP contribution in [0.4, 0.5) is 0 Å². The molecule has 3 nitrogen and oxygen atoms in total. The average Bonchev–Trinajstić information content (AvgIpc) is 2.94. The van der Waals surface area contributed by atoms with Gasteiger partial charge in [-0.3, -0.25) is 0 Å². The summed E-state index contributed by atoms with van der Waals surface area (Å²) in [5.41, 5.74) is 9.81. The number of rotatable bonds is 3. The minimum atomic E-state index is -0.179. The molecule has 3 heteroatoms. The first kappa shape index (κ1) is 12.3. The summed E-state index contributed by atoms with van der Waals surface area (Å²) in [5.74, 6) is 1.94. The van der Waals surface area contributed by atoms with E-state index < -0.39 is 0 Å². The highest BCUT2D eigenvalue weighted by atomic mass is 16.5. The number of fused-ring (bicyclic) bond motifs is 1. The number of para-hydroxylation sites is 1. The molecule has 1 aromatic heterocycles. The second-order valence-electron chi connectivity index (χ2n) is 4.92. The molecule has 0 aliphatic carbocycles. The molecule has 1 atom stereocenters. The molecule has 100 valence electrons. The highest BCUT2D eigenvalue weighted by molar-refractivity contribution is 5.48. The van der Waals surface area contributed by atoms with Crippen LogP contribution >= 0.6 is 0 Å². The Morgan fingerprint density at radius 1 is 1.26 bits per heavy atom. The van der Waals surface area contributed by atoms with Crippen LogP contribution in [0, 0.1) is 0 Å². The molecule has 0 saturated heterocycles. The number of benzene rings is 1. The summed E-state index contributed by atoms with van der Waals surface area (Å²) < 4.78 is 11.3. The van der Waals surface area contributed by atoms with Crippen molar-refractivity contribution in [2.45, 2.75) is 32.2 Å². The number of hydrogen-bond donors (Lipinski definition) is 1. The van der Waals surface area contributed by atoms with Gasteiger partial charge < -0.3 is 14.9 Å². The van der Waals surface area contributed by atoms with Crippen molar-refractivity contribution in [2.24, 2.45) is 5.73 Å². The van der Waals surface area contributed by atoms with Gasteiger partial charge in [0.05, 0.1) is 18.9 Å². The Labute approximate surface area is 113 Å². The fourth-order valence-electron chi connectivity index (χ4n) is 2.74. The van der Waals surface area contributed by atoms with Crippen molar-refractivity contribution >= 4 is 0 Å². The van der Waals surface area contributed by atoms with Crippen molar-refractivity contribution in [3.8, 4) is 5.75 Å². The predicted molar refractivity (Wildman–Crippen MR) is 74.4 cm³/mol. The van der Waals surface area contributed by atoms with Crippen LogP contribution in [0.15, 0.2) is 34.9 Å². The number of ether oxygens (including phenoxy) is 1. The molecular weight excluding hydrogens is 238 g/mol. The fourth-order valence-corrected chi connectivity index (χ4v) is 2.74. The first-order valence-electron chi connectivity index (χ1n) is 6.87. The second-order valence-corrected chi connectivity index (χ2v) is 4.92. The van der Waals surface area contributed by atoms with Gasteiger partial charge >= 0.3 is 0 Å². The summed E-state index contributed by atoms with van der Waals surface area (Å²) in [6.07, 6.45) is 4.72. The van der Waals surface area contributed by atoms with Gasteiger partial charge in [0.15, 0.2) is 0 Å². The number of aryl methyl sites for hydroxylation is 2. The molecule has 1 aliphatic heterocycles. The van der Waals surface area contributed by atoms with Gasteiger partial charge in [0.25, 0.3) is 0 Å². The Bertz CT molecular complexity index is 574.